The lowest BCUT2D eigenvalue weighted by Crippen LogP contribution is -2.42. The number of alkyl halides is 3. The molecule has 26 heavy (non-hydrogen) atoms. The Labute approximate surface area is 147 Å². The molecule has 138 valence electrons. The molecule has 2 aromatic rings. The molecule has 1 amide bonds. The maximum Gasteiger partial charge on any atom is 0.449 e. The number of carbonyl (C=O) groups is 1. The third-order valence-corrected chi connectivity index (χ3v) is 4.82. The van der Waals surface area contributed by atoms with Crippen LogP contribution in [-0.4, -0.2) is 24.0 Å². The average molecular weight is 366 g/mol. The van der Waals surface area contributed by atoms with E-state index in [1.807, 2.05) is 0 Å². The summed E-state index contributed by atoms with van der Waals surface area (Å²) >= 11 is 0. The lowest BCUT2D eigenvalue weighted by molar-refractivity contribution is -0.153. The van der Waals surface area contributed by atoms with Crippen LogP contribution in [0.5, 0.6) is 11.7 Å². The Hall–Kier alpha value is -2.48. The lowest BCUT2D eigenvalue weighted by atomic mass is 9.95. The number of hydrogen-bond donors (Lipinski definition) is 2. The normalized spacial score (nSPS) is 24.7. The number of amides is 1. The number of halogens is 3. The fourth-order valence-electron chi connectivity index (χ4n) is 3.61. The fraction of sp³-hybridized carbons (Fsp3) is 0.389. The SMILES string of the molecule is O=C(N[C@@H]1C[C@H]2CC[C@@H]1N2)c1ccccc1Oc1ccc(C(F)(F)F)o1. The molecular weight excluding hydrogens is 349 g/mol. The first-order chi connectivity index (χ1) is 12.4. The van der Waals surface area contributed by atoms with Crippen LogP contribution in [0.2, 0.25) is 0 Å². The number of para-hydroxylation sites is 1. The van der Waals surface area contributed by atoms with Gasteiger partial charge in [0, 0.05) is 24.2 Å². The van der Waals surface area contributed by atoms with Crippen LogP contribution < -0.4 is 15.4 Å². The van der Waals surface area contributed by atoms with Crippen molar-refractivity contribution < 1.29 is 27.1 Å². The molecule has 1 aromatic carbocycles. The van der Waals surface area contributed by atoms with E-state index in [1.165, 1.54) is 6.07 Å². The molecule has 4 rings (SSSR count). The van der Waals surface area contributed by atoms with Gasteiger partial charge >= 0.3 is 6.18 Å². The van der Waals surface area contributed by atoms with Gasteiger partial charge in [-0.15, -0.1) is 0 Å². The number of nitrogens with one attached hydrogen (secondary N) is 2. The molecule has 8 heteroatoms. The van der Waals surface area contributed by atoms with Crippen molar-refractivity contribution >= 4 is 5.91 Å². The summed E-state index contributed by atoms with van der Waals surface area (Å²) in [4.78, 5) is 12.6. The smallest absolute Gasteiger partial charge is 0.425 e. The Morgan fingerprint density at radius 1 is 1.19 bits per heavy atom. The van der Waals surface area contributed by atoms with Crippen LogP contribution >= 0.6 is 0 Å². The highest BCUT2D eigenvalue weighted by Gasteiger charge is 2.40. The first kappa shape index (κ1) is 17.0. The van der Waals surface area contributed by atoms with Gasteiger partial charge in [-0.05, 0) is 37.5 Å². The van der Waals surface area contributed by atoms with Gasteiger partial charge in [0.25, 0.3) is 11.9 Å². The van der Waals surface area contributed by atoms with E-state index < -0.39 is 11.9 Å². The minimum absolute atomic E-state index is 0.0507. The summed E-state index contributed by atoms with van der Waals surface area (Å²) in [6.45, 7) is 0. The Morgan fingerprint density at radius 3 is 2.65 bits per heavy atom. The second kappa shape index (κ2) is 6.35. The number of hydrogen-bond acceptors (Lipinski definition) is 4. The number of carbonyl (C=O) groups excluding carboxylic acids is 1. The molecule has 3 atom stereocenters. The highest BCUT2D eigenvalue weighted by atomic mass is 19.4. The first-order valence-electron chi connectivity index (χ1n) is 8.41. The van der Waals surface area contributed by atoms with Gasteiger partial charge < -0.3 is 19.8 Å². The van der Waals surface area contributed by atoms with Crippen molar-refractivity contribution in [3.63, 3.8) is 0 Å². The van der Waals surface area contributed by atoms with Gasteiger partial charge in [0.1, 0.15) is 5.75 Å². The summed E-state index contributed by atoms with van der Waals surface area (Å²) in [6.07, 6.45) is -1.56. The van der Waals surface area contributed by atoms with Crippen LogP contribution in [0, 0.1) is 0 Å². The molecular formula is C18H17F3N2O3. The fourth-order valence-corrected chi connectivity index (χ4v) is 3.61. The highest BCUT2D eigenvalue weighted by Crippen LogP contribution is 2.35. The Bertz CT molecular complexity index is 818. The van der Waals surface area contributed by atoms with Crippen molar-refractivity contribution in [3.05, 3.63) is 47.7 Å². The number of ether oxygens (including phenoxy) is 1. The van der Waals surface area contributed by atoms with Crippen molar-refractivity contribution in [1.82, 2.24) is 10.6 Å². The largest absolute Gasteiger partial charge is 0.449 e. The lowest BCUT2D eigenvalue weighted by Gasteiger charge is -2.22. The van der Waals surface area contributed by atoms with Crippen molar-refractivity contribution in [3.8, 4) is 11.7 Å². The quantitative estimate of drug-likeness (QED) is 0.866. The molecule has 0 saturated carbocycles. The van der Waals surface area contributed by atoms with Gasteiger partial charge in [-0.1, -0.05) is 12.1 Å². The molecule has 2 saturated heterocycles. The molecule has 2 aliphatic rings. The number of benzene rings is 1. The Balaban J connectivity index is 1.49. The van der Waals surface area contributed by atoms with Crippen molar-refractivity contribution in [2.24, 2.45) is 0 Å². The predicted octanol–water partition coefficient (Wildman–Crippen LogP) is 3.71. The number of furan rings is 1. The minimum Gasteiger partial charge on any atom is -0.425 e. The molecule has 2 aliphatic heterocycles. The van der Waals surface area contributed by atoms with Gasteiger partial charge in [0.15, 0.2) is 0 Å². The maximum atomic E-state index is 12.6. The monoisotopic (exact) mass is 366 g/mol. The van der Waals surface area contributed by atoms with E-state index in [2.05, 4.69) is 15.1 Å². The molecule has 2 N–H and O–H groups in total. The van der Waals surface area contributed by atoms with Crippen LogP contribution in [0.15, 0.2) is 40.8 Å². The second-order valence-corrected chi connectivity index (χ2v) is 6.58. The first-order valence-corrected chi connectivity index (χ1v) is 8.41. The van der Waals surface area contributed by atoms with E-state index in [4.69, 9.17) is 4.74 Å². The number of rotatable bonds is 4. The zero-order valence-corrected chi connectivity index (χ0v) is 13.7. The van der Waals surface area contributed by atoms with Crippen molar-refractivity contribution in [2.75, 3.05) is 0 Å². The maximum absolute atomic E-state index is 12.6. The third kappa shape index (κ3) is 3.29. The highest BCUT2D eigenvalue weighted by molar-refractivity contribution is 5.97. The van der Waals surface area contributed by atoms with Crippen LogP contribution in [-0.2, 0) is 6.18 Å². The molecule has 1 aromatic heterocycles. The van der Waals surface area contributed by atoms with Crippen molar-refractivity contribution in [2.45, 2.75) is 43.6 Å². The zero-order valence-electron chi connectivity index (χ0n) is 13.7. The summed E-state index contributed by atoms with van der Waals surface area (Å²) in [5.41, 5.74) is 0.250. The summed E-state index contributed by atoms with van der Waals surface area (Å²) in [5.74, 6) is -1.65. The molecule has 0 spiro atoms. The summed E-state index contributed by atoms with van der Waals surface area (Å²) in [7, 11) is 0. The Kier molecular flexibility index (Phi) is 4.14. The molecule has 2 bridgehead atoms. The van der Waals surface area contributed by atoms with Crippen LogP contribution in [0.4, 0.5) is 13.2 Å². The van der Waals surface area contributed by atoms with Crippen LogP contribution in [0.1, 0.15) is 35.4 Å². The summed E-state index contributed by atoms with van der Waals surface area (Å²) < 4.78 is 47.9. The third-order valence-electron chi connectivity index (χ3n) is 4.82. The van der Waals surface area contributed by atoms with E-state index in [0.29, 0.717) is 6.04 Å². The van der Waals surface area contributed by atoms with Gasteiger partial charge in [-0.3, -0.25) is 4.79 Å². The molecule has 0 radical (unpaired) electrons. The van der Waals surface area contributed by atoms with Crippen LogP contribution in [0.3, 0.4) is 0 Å². The van der Waals surface area contributed by atoms with Gasteiger partial charge in [0.2, 0.25) is 5.76 Å². The van der Waals surface area contributed by atoms with Crippen molar-refractivity contribution in [1.29, 1.82) is 0 Å². The number of fused-ring (bicyclic) bond motifs is 2. The van der Waals surface area contributed by atoms with E-state index in [1.54, 1.807) is 18.2 Å². The molecule has 0 unspecified atom stereocenters. The summed E-state index contributed by atoms with van der Waals surface area (Å²) in [6, 6.07) is 9.04. The van der Waals surface area contributed by atoms with E-state index in [0.717, 1.165) is 31.4 Å². The van der Waals surface area contributed by atoms with E-state index in [-0.39, 0.29) is 35.3 Å². The summed E-state index contributed by atoms with van der Waals surface area (Å²) in [5, 5.41) is 6.43. The van der Waals surface area contributed by atoms with Gasteiger partial charge in [-0.25, -0.2) is 0 Å². The minimum atomic E-state index is -4.59. The van der Waals surface area contributed by atoms with Gasteiger partial charge in [0.05, 0.1) is 5.56 Å². The van der Waals surface area contributed by atoms with Gasteiger partial charge in [-0.2, -0.15) is 13.2 Å². The Morgan fingerprint density at radius 2 is 2.00 bits per heavy atom. The second-order valence-electron chi connectivity index (χ2n) is 6.58. The van der Waals surface area contributed by atoms with Crippen LogP contribution in [0.25, 0.3) is 0 Å². The van der Waals surface area contributed by atoms with E-state index in [9.17, 15) is 18.0 Å². The molecule has 2 fully saturated rings. The molecule has 3 heterocycles. The zero-order chi connectivity index (χ0) is 18.3. The average Bonchev–Trinajstić information content (AvgIpc) is 3.31. The van der Waals surface area contributed by atoms with E-state index >= 15 is 0 Å². The predicted molar refractivity (Wildman–Crippen MR) is 86.0 cm³/mol. The molecule has 5 nitrogen and oxygen atoms in total. The standard InChI is InChI=1S/C18H17F3N2O3/c19-18(20,21)15-7-8-16(26-15)25-14-4-2-1-3-11(14)17(24)23-13-9-10-5-6-12(13)22-10/h1-4,7-8,10,12-13,22H,5-6,9H2,(H,23,24)/t10-,12+,13-/m1/s1. The molecule has 0 aliphatic carbocycles. The topological polar surface area (TPSA) is 63.5 Å².